The van der Waals surface area contributed by atoms with Gasteiger partial charge in [-0.3, -0.25) is 4.90 Å². The molecule has 2 N–H and O–H groups in total. The molecule has 3 aromatic rings. The number of aromatic nitrogens is 3. The molecule has 0 unspecified atom stereocenters. The van der Waals surface area contributed by atoms with Crippen LogP contribution in [-0.2, 0) is 6.54 Å². The number of benzene rings is 2. The molecule has 38 heavy (non-hydrogen) atoms. The van der Waals surface area contributed by atoms with E-state index in [1.54, 1.807) is 17.7 Å². The molecule has 0 spiro atoms. The van der Waals surface area contributed by atoms with Crippen LogP contribution in [0.1, 0.15) is 43.7 Å². The lowest BCUT2D eigenvalue weighted by Crippen LogP contribution is -2.43. The lowest BCUT2D eigenvalue weighted by Gasteiger charge is -2.32. The number of nitroso groups, excluding NO2 is 1. The number of phenolic OH excluding ortho intramolecular Hbond substituents is 1. The van der Waals surface area contributed by atoms with Crippen LogP contribution in [0.2, 0.25) is 5.02 Å². The number of halogens is 1. The third kappa shape index (κ3) is 5.48. The number of hydrogen-bond donors (Lipinski definition) is 2. The van der Waals surface area contributed by atoms with Crippen LogP contribution in [-0.4, -0.2) is 80.9 Å². The number of rotatable bonds is 9. The lowest BCUT2D eigenvalue weighted by atomic mass is 9.98. The van der Waals surface area contributed by atoms with Crippen molar-refractivity contribution in [2.24, 2.45) is 0 Å². The Morgan fingerprint density at radius 3 is 2.53 bits per heavy atom. The Bertz CT molecular complexity index is 1330. The first-order valence-electron chi connectivity index (χ1n) is 13.0. The van der Waals surface area contributed by atoms with Crippen LogP contribution in [0.5, 0.6) is 11.5 Å². The molecule has 1 aliphatic carbocycles. The van der Waals surface area contributed by atoms with Gasteiger partial charge in [-0.25, -0.2) is 5.43 Å². The molecule has 1 saturated carbocycles. The minimum Gasteiger partial charge on any atom is -0.507 e. The maximum atomic E-state index is 13.1. The molecule has 0 bridgehead atoms. The highest BCUT2D eigenvalue weighted by atomic mass is 35.5. The van der Waals surface area contributed by atoms with Gasteiger partial charge in [-0.05, 0) is 60.2 Å². The summed E-state index contributed by atoms with van der Waals surface area (Å²) >= 11 is 6.86. The van der Waals surface area contributed by atoms with Crippen LogP contribution in [0.15, 0.2) is 30.3 Å². The molecule has 0 atom stereocenters. The molecule has 10 nitrogen and oxygen atoms in total. The van der Waals surface area contributed by atoms with Crippen LogP contribution in [0.3, 0.4) is 0 Å². The SMILES string of the molecule is COc1cc(O)c(-c2nnc([N+](=O)NC3CC3)n2-c2ccc(CN3CCN(C)CC3)cc2Cl)cc1C(C)C. The summed E-state index contributed by atoms with van der Waals surface area (Å²) in [5.74, 6) is 1.04. The number of aromatic hydroxyl groups is 1. The Balaban J connectivity index is 1.56. The predicted molar refractivity (Wildman–Crippen MR) is 146 cm³/mol. The molecule has 0 amide bonds. The van der Waals surface area contributed by atoms with E-state index in [9.17, 15) is 10.0 Å². The number of nitrogens with one attached hydrogen (secondary N) is 1. The van der Waals surface area contributed by atoms with E-state index in [1.165, 1.54) is 0 Å². The molecular weight excluding hydrogens is 506 g/mol. The third-order valence-electron chi connectivity index (χ3n) is 7.17. The number of hydrogen-bond acceptors (Lipinski definition) is 7. The second-order valence-electron chi connectivity index (χ2n) is 10.5. The summed E-state index contributed by atoms with van der Waals surface area (Å²) in [5, 5.41) is 20.0. The van der Waals surface area contributed by atoms with Gasteiger partial charge in [0.15, 0.2) is 0 Å². The average Bonchev–Trinajstić information content (AvgIpc) is 3.60. The van der Waals surface area contributed by atoms with Gasteiger partial charge >= 0.3 is 5.95 Å². The largest absolute Gasteiger partial charge is 0.507 e. The molecule has 2 aliphatic rings. The topological polar surface area (TPSA) is 98.8 Å². The van der Waals surface area contributed by atoms with Crippen molar-refractivity contribution in [3.63, 3.8) is 0 Å². The maximum absolute atomic E-state index is 13.1. The summed E-state index contributed by atoms with van der Waals surface area (Å²) in [6.07, 6.45) is 1.86. The number of ether oxygens (including phenoxy) is 1. The number of hydrazine groups is 1. The molecule has 1 aromatic heterocycles. The summed E-state index contributed by atoms with van der Waals surface area (Å²) in [5.41, 5.74) is 5.90. The zero-order chi connectivity index (χ0) is 27.0. The molecule has 2 heterocycles. The molecule has 0 radical (unpaired) electrons. The van der Waals surface area contributed by atoms with Gasteiger partial charge in [-0.1, -0.05) is 36.4 Å². The molecule has 1 aliphatic heterocycles. The number of nitrogens with zero attached hydrogens (tertiary/aromatic N) is 6. The zero-order valence-corrected chi connectivity index (χ0v) is 23.1. The van der Waals surface area contributed by atoms with E-state index < -0.39 is 0 Å². The van der Waals surface area contributed by atoms with Crippen molar-refractivity contribution in [3.8, 4) is 28.6 Å². The van der Waals surface area contributed by atoms with Crippen LogP contribution < -0.4 is 10.2 Å². The van der Waals surface area contributed by atoms with Crippen molar-refractivity contribution in [1.82, 2.24) is 30.0 Å². The minimum absolute atomic E-state index is 0.0261. The summed E-state index contributed by atoms with van der Waals surface area (Å²) in [6, 6.07) is 9.36. The fraction of sp³-hybridized carbons (Fsp3) is 0.481. The molecule has 2 fully saturated rings. The Hall–Kier alpha value is -3.21. The van der Waals surface area contributed by atoms with Gasteiger partial charge in [0.1, 0.15) is 17.2 Å². The van der Waals surface area contributed by atoms with Crippen molar-refractivity contribution < 1.29 is 14.7 Å². The van der Waals surface area contributed by atoms with Crippen LogP contribution in [0.25, 0.3) is 17.1 Å². The quantitative estimate of drug-likeness (QED) is 0.307. The normalized spacial score (nSPS) is 16.7. The van der Waals surface area contributed by atoms with Gasteiger partial charge in [-0.2, -0.15) is 4.57 Å². The number of likely N-dealkylation sites (N-methyl/N-ethyl adjacent to an activating group) is 1. The molecular formula is C27H35ClN7O3+. The van der Waals surface area contributed by atoms with E-state index in [1.807, 2.05) is 38.1 Å². The molecule has 5 rings (SSSR count). The minimum atomic E-state index is -0.0261. The van der Waals surface area contributed by atoms with Crippen LogP contribution in [0.4, 0.5) is 5.95 Å². The number of methoxy groups -OCH3 is 1. The van der Waals surface area contributed by atoms with E-state index in [0.717, 1.165) is 56.7 Å². The highest BCUT2D eigenvalue weighted by molar-refractivity contribution is 6.32. The van der Waals surface area contributed by atoms with Crippen molar-refractivity contribution in [3.05, 3.63) is 51.4 Å². The highest BCUT2D eigenvalue weighted by Crippen LogP contribution is 2.40. The van der Waals surface area contributed by atoms with E-state index in [-0.39, 0.29) is 23.7 Å². The zero-order valence-electron chi connectivity index (χ0n) is 22.3. The Labute approximate surface area is 227 Å². The third-order valence-corrected chi connectivity index (χ3v) is 7.47. The lowest BCUT2D eigenvalue weighted by molar-refractivity contribution is -0.538. The predicted octanol–water partition coefficient (Wildman–Crippen LogP) is 4.25. The molecule has 1 saturated heterocycles. The van der Waals surface area contributed by atoms with Crippen molar-refractivity contribution >= 4 is 17.5 Å². The smallest absolute Gasteiger partial charge is 0.487 e. The summed E-state index contributed by atoms with van der Waals surface area (Å²) < 4.78 is 7.10. The summed E-state index contributed by atoms with van der Waals surface area (Å²) in [7, 11) is 3.71. The maximum Gasteiger partial charge on any atom is 0.487 e. The van der Waals surface area contributed by atoms with Crippen molar-refractivity contribution in [1.29, 1.82) is 0 Å². The Kier molecular flexibility index (Phi) is 7.56. The van der Waals surface area contributed by atoms with E-state index in [4.69, 9.17) is 16.3 Å². The fourth-order valence-corrected chi connectivity index (χ4v) is 5.01. The number of piperazine rings is 1. The van der Waals surface area contributed by atoms with Gasteiger partial charge in [-0.15, -0.1) is 0 Å². The van der Waals surface area contributed by atoms with Crippen molar-refractivity contribution in [2.75, 3.05) is 40.3 Å². The van der Waals surface area contributed by atoms with Gasteiger partial charge in [0, 0.05) is 38.8 Å². The van der Waals surface area contributed by atoms with Crippen molar-refractivity contribution in [2.45, 2.75) is 45.2 Å². The summed E-state index contributed by atoms with van der Waals surface area (Å²) in [6.45, 7) is 8.97. The first kappa shape index (κ1) is 26.4. The molecule has 11 heteroatoms. The second-order valence-corrected chi connectivity index (χ2v) is 10.9. The standard InChI is InChI=1S/C27H34ClN7O3/c1-17(2)20-14-21(24(36)15-25(20)38-4)26-29-30-27(35(37)31-19-6-7-19)34(26)23-8-5-18(13-22(23)28)16-33-11-9-32(3)10-12-33/h5,8,13-15,17,19H,6-7,9-12,16H2,1-4H3,(H-,29,31,36,37)/p+1. The highest BCUT2D eigenvalue weighted by Gasteiger charge is 2.35. The monoisotopic (exact) mass is 540 g/mol. The van der Waals surface area contributed by atoms with E-state index >= 15 is 0 Å². The fourth-order valence-electron chi connectivity index (χ4n) is 4.73. The van der Waals surface area contributed by atoms with Gasteiger partial charge < -0.3 is 14.7 Å². The van der Waals surface area contributed by atoms with Crippen LogP contribution in [0, 0.1) is 4.91 Å². The first-order valence-corrected chi connectivity index (χ1v) is 13.4. The first-order chi connectivity index (χ1) is 18.2. The van der Waals surface area contributed by atoms with Gasteiger partial charge in [0.2, 0.25) is 5.82 Å². The average molecular weight is 541 g/mol. The summed E-state index contributed by atoms with van der Waals surface area (Å²) in [4.78, 5) is 18.5. The molecule has 202 valence electrons. The van der Waals surface area contributed by atoms with Crippen LogP contribution >= 0.6 is 11.6 Å². The second kappa shape index (κ2) is 10.9. The number of phenols is 1. The van der Waals surface area contributed by atoms with Gasteiger partial charge in [0.25, 0.3) is 0 Å². The van der Waals surface area contributed by atoms with Gasteiger partial charge in [0.05, 0.1) is 33.7 Å². The van der Waals surface area contributed by atoms with E-state index in [0.29, 0.717) is 32.7 Å². The Morgan fingerprint density at radius 2 is 1.89 bits per heavy atom. The molecule has 2 aromatic carbocycles. The van der Waals surface area contributed by atoms with E-state index in [2.05, 4.69) is 32.5 Å². The Morgan fingerprint density at radius 1 is 1.16 bits per heavy atom.